The van der Waals surface area contributed by atoms with E-state index < -0.39 is 11.7 Å². The Kier molecular flexibility index (Phi) is 7.05. The minimum atomic E-state index is -0.497. The fourth-order valence-electron chi connectivity index (χ4n) is 5.15. The van der Waals surface area contributed by atoms with Gasteiger partial charge in [0.05, 0.1) is 12.7 Å². The van der Waals surface area contributed by atoms with Gasteiger partial charge in [0.1, 0.15) is 34.4 Å². The van der Waals surface area contributed by atoms with Crippen molar-refractivity contribution >= 4 is 17.2 Å². The number of nitrogens with two attached hydrogens (primary N) is 2. The maximum Gasteiger partial charge on any atom is 0.255 e. The minimum Gasteiger partial charge on any atom is -0.496 e. The molecule has 0 aliphatic heterocycles. The first kappa shape index (κ1) is 24.7. The lowest BCUT2D eigenvalue weighted by atomic mass is 9.81. The van der Waals surface area contributed by atoms with Gasteiger partial charge >= 0.3 is 0 Å². The molecule has 1 saturated carbocycles. The zero-order valence-corrected chi connectivity index (χ0v) is 20.8. The third-order valence-electron chi connectivity index (χ3n) is 7.24. The number of fused-ring (bicyclic) bond motifs is 1. The number of nitrogen functional groups attached to an aromatic ring is 1. The van der Waals surface area contributed by atoms with Gasteiger partial charge in [-0.05, 0) is 61.9 Å². The van der Waals surface area contributed by atoms with Gasteiger partial charge in [-0.15, -0.1) is 0 Å². The highest BCUT2D eigenvalue weighted by Gasteiger charge is 2.27. The van der Waals surface area contributed by atoms with Gasteiger partial charge in [-0.25, -0.2) is 14.4 Å². The van der Waals surface area contributed by atoms with Crippen molar-refractivity contribution < 1.29 is 13.9 Å². The van der Waals surface area contributed by atoms with Crippen molar-refractivity contribution in [2.24, 2.45) is 11.7 Å². The third kappa shape index (κ3) is 4.99. The molecular formula is C28H31FN6O2. The lowest BCUT2D eigenvalue weighted by Crippen LogP contribution is -2.23. The van der Waals surface area contributed by atoms with Gasteiger partial charge in [-0.1, -0.05) is 24.3 Å². The number of nitrogens with zero attached hydrogens (tertiary/aromatic N) is 3. The number of nitrogens with one attached hydrogen (secondary N) is 1. The summed E-state index contributed by atoms with van der Waals surface area (Å²) in [6.07, 6.45) is 7.95. The van der Waals surface area contributed by atoms with Crippen LogP contribution in [0.2, 0.25) is 0 Å². The average molecular weight is 503 g/mol. The van der Waals surface area contributed by atoms with E-state index in [1.807, 2.05) is 30.5 Å². The van der Waals surface area contributed by atoms with Gasteiger partial charge in [0, 0.05) is 30.4 Å². The second kappa shape index (κ2) is 10.6. The van der Waals surface area contributed by atoms with Crippen molar-refractivity contribution in [1.82, 2.24) is 19.7 Å². The van der Waals surface area contributed by atoms with Gasteiger partial charge in [0.25, 0.3) is 5.91 Å². The van der Waals surface area contributed by atoms with E-state index >= 15 is 0 Å². The Morgan fingerprint density at radius 3 is 2.62 bits per heavy atom. The van der Waals surface area contributed by atoms with Gasteiger partial charge in [-0.3, -0.25) is 9.20 Å². The topological polar surface area (TPSA) is 121 Å². The van der Waals surface area contributed by atoms with Gasteiger partial charge in [0.2, 0.25) is 0 Å². The van der Waals surface area contributed by atoms with Crippen LogP contribution in [0.1, 0.15) is 53.3 Å². The number of amides is 1. The molecule has 2 aromatic carbocycles. The Bertz CT molecular complexity index is 1410. The summed E-state index contributed by atoms with van der Waals surface area (Å²) in [6.45, 7) is 1.02. The molecule has 0 radical (unpaired) electrons. The Morgan fingerprint density at radius 2 is 1.92 bits per heavy atom. The molecule has 5 rings (SSSR count). The highest BCUT2D eigenvalue weighted by atomic mass is 19.1. The lowest BCUT2D eigenvalue weighted by molar-refractivity contribution is 0.0947. The van der Waals surface area contributed by atoms with Crippen LogP contribution in [-0.4, -0.2) is 33.9 Å². The van der Waals surface area contributed by atoms with Crippen molar-refractivity contribution in [2.45, 2.75) is 38.1 Å². The number of hydrogen-bond donors (Lipinski definition) is 3. The molecule has 0 saturated heterocycles. The van der Waals surface area contributed by atoms with E-state index in [9.17, 15) is 9.18 Å². The number of halogens is 1. The largest absolute Gasteiger partial charge is 0.496 e. The number of carbonyl (C=O) groups excluding carboxylic acids is 1. The molecular weight excluding hydrogens is 471 g/mol. The summed E-state index contributed by atoms with van der Waals surface area (Å²) < 4.78 is 20.9. The Morgan fingerprint density at radius 1 is 1.16 bits per heavy atom. The van der Waals surface area contributed by atoms with E-state index in [4.69, 9.17) is 21.2 Å². The summed E-state index contributed by atoms with van der Waals surface area (Å²) in [5.74, 6) is 1.79. The summed E-state index contributed by atoms with van der Waals surface area (Å²) in [6, 6.07) is 11.7. The maximum atomic E-state index is 13.6. The molecule has 1 fully saturated rings. The molecule has 1 aliphatic rings. The molecule has 8 nitrogen and oxygen atoms in total. The summed E-state index contributed by atoms with van der Waals surface area (Å²) in [5.41, 5.74) is 15.8. The number of ether oxygens (including phenoxy) is 1. The first-order valence-corrected chi connectivity index (χ1v) is 12.5. The number of hydrogen-bond acceptors (Lipinski definition) is 6. The Labute approximate surface area is 214 Å². The fourth-order valence-corrected chi connectivity index (χ4v) is 5.15. The van der Waals surface area contributed by atoms with Crippen molar-refractivity contribution in [3.05, 3.63) is 77.6 Å². The minimum absolute atomic E-state index is 0.152. The number of methoxy groups -OCH3 is 1. The number of aromatic nitrogens is 3. The predicted molar refractivity (Wildman–Crippen MR) is 141 cm³/mol. The van der Waals surface area contributed by atoms with E-state index in [2.05, 4.69) is 14.7 Å². The smallest absolute Gasteiger partial charge is 0.255 e. The molecule has 0 unspecified atom stereocenters. The SMILES string of the molecule is COc1ccc(F)cc1C(=O)NCc1ccc(-c2nc(C3CCC(CN)CC3)n3ccnc(N)c23)cc1. The molecule has 4 aromatic rings. The number of carbonyl (C=O) groups is 1. The molecule has 0 bridgehead atoms. The molecule has 2 aromatic heterocycles. The summed E-state index contributed by atoms with van der Waals surface area (Å²) in [4.78, 5) is 22.0. The lowest BCUT2D eigenvalue weighted by Gasteiger charge is -2.26. The first-order valence-electron chi connectivity index (χ1n) is 12.5. The maximum absolute atomic E-state index is 13.6. The van der Waals surface area contributed by atoms with Crippen LogP contribution < -0.4 is 21.5 Å². The normalized spacial score (nSPS) is 17.6. The summed E-state index contributed by atoms with van der Waals surface area (Å²) in [7, 11) is 1.45. The molecule has 0 spiro atoms. The Balaban J connectivity index is 1.36. The fraction of sp³-hybridized carbons (Fsp3) is 0.321. The molecule has 0 atom stereocenters. The van der Waals surface area contributed by atoms with Crippen molar-refractivity contribution in [2.75, 3.05) is 19.4 Å². The third-order valence-corrected chi connectivity index (χ3v) is 7.24. The zero-order chi connectivity index (χ0) is 25.9. The van der Waals surface area contributed by atoms with E-state index in [1.165, 1.54) is 25.3 Å². The van der Waals surface area contributed by atoms with E-state index in [1.54, 1.807) is 6.20 Å². The van der Waals surface area contributed by atoms with Gasteiger partial charge in [0.15, 0.2) is 0 Å². The number of rotatable bonds is 7. The van der Waals surface area contributed by atoms with Crippen LogP contribution in [0.15, 0.2) is 54.9 Å². The highest BCUT2D eigenvalue weighted by molar-refractivity contribution is 5.97. The van der Waals surface area contributed by atoms with Crippen molar-refractivity contribution in [1.29, 1.82) is 0 Å². The van der Waals surface area contributed by atoms with E-state index in [0.29, 0.717) is 23.4 Å². The van der Waals surface area contributed by atoms with Gasteiger partial charge < -0.3 is 21.5 Å². The van der Waals surface area contributed by atoms with Crippen molar-refractivity contribution in [3.63, 3.8) is 0 Å². The molecule has 37 heavy (non-hydrogen) atoms. The standard InChI is InChI=1S/C28H31FN6O2/c1-37-23-11-10-21(29)14-22(23)28(36)33-16-18-4-6-19(7-5-18)24-25-26(31)32-12-13-35(25)27(34-24)20-8-2-17(15-30)3-9-20/h4-7,10-14,17,20H,2-3,8-9,15-16,30H2,1H3,(H2,31,32)(H,33,36). The number of imidazole rings is 1. The first-order chi connectivity index (χ1) is 18.0. The molecule has 9 heteroatoms. The summed E-state index contributed by atoms with van der Waals surface area (Å²) in [5, 5.41) is 2.83. The Hall–Kier alpha value is -3.98. The van der Waals surface area contributed by atoms with Gasteiger partial charge in [-0.2, -0.15) is 0 Å². The van der Waals surface area contributed by atoms with Crippen molar-refractivity contribution in [3.8, 4) is 17.0 Å². The van der Waals surface area contributed by atoms with E-state index in [-0.39, 0.29) is 12.1 Å². The van der Waals surface area contributed by atoms with E-state index in [0.717, 1.165) is 60.4 Å². The van der Waals surface area contributed by atoms with Crippen LogP contribution >= 0.6 is 0 Å². The van der Waals surface area contributed by atoms with Crippen LogP contribution in [0.4, 0.5) is 10.2 Å². The molecule has 1 amide bonds. The van der Waals surface area contributed by atoms with Crippen LogP contribution in [0.3, 0.4) is 0 Å². The van der Waals surface area contributed by atoms with Crippen LogP contribution in [0.25, 0.3) is 16.8 Å². The van der Waals surface area contributed by atoms with Crippen LogP contribution in [0, 0.1) is 11.7 Å². The molecule has 1 aliphatic carbocycles. The number of benzene rings is 2. The molecule has 5 N–H and O–H groups in total. The summed E-state index contributed by atoms with van der Waals surface area (Å²) >= 11 is 0. The average Bonchev–Trinajstić information content (AvgIpc) is 3.33. The second-order valence-electron chi connectivity index (χ2n) is 9.53. The zero-order valence-electron chi connectivity index (χ0n) is 20.8. The number of anilines is 1. The van der Waals surface area contributed by atoms with Crippen LogP contribution in [-0.2, 0) is 6.54 Å². The quantitative estimate of drug-likeness (QED) is 0.347. The van der Waals surface area contributed by atoms with Crippen LogP contribution in [0.5, 0.6) is 5.75 Å². The highest BCUT2D eigenvalue weighted by Crippen LogP contribution is 2.38. The molecule has 192 valence electrons. The predicted octanol–water partition coefficient (Wildman–Crippen LogP) is 4.29. The monoisotopic (exact) mass is 502 g/mol. The second-order valence-corrected chi connectivity index (χ2v) is 9.53. The molecule has 2 heterocycles.